The van der Waals surface area contributed by atoms with Crippen molar-refractivity contribution in [1.29, 1.82) is 0 Å². The molecule has 1 heterocycles. The molecule has 0 radical (unpaired) electrons. The maximum Gasteiger partial charge on any atom is 0.227 e. The van der Waals surface area contributed by atoms with Gasteiger partial charge in [0.15, 0.2) is 0 Å². The predicted octanol–water partition coefficient (Wildman–Crippen LogP) is 0.649. The fourth-order valence-electron chi connectivity index (χ4n) is 2.17. The summed E-state index contributed by atoms with van der Waals surface area (Å²) in [6.45, 7) is 6.23. The largest absolute Gasteiger partial charge is 0.354 e. The molecule has 0 aromatic carbocycles. The fraction of sp³-hybridized carbons (Fsp3) is 0.917. The van der Waals surface area contributed by atoms with Crippen molar-refractivity contribution >= 4 is 16.7 Å². The van der Waals surface area contributed by atoms with Gasteiger partial charge in [0.1, 0.15) is 0 Å². The highest BCUT2D eigenvalue weighted by Gasteiger charge is 2.37. The van der Waals surface area contributed by atoms with E-state index in [1.807, 2.05) is 6.92 Å². The first-order chi connectivity index (χ1) is 8.02. The molecule has 4 nitrogen and oxygen atoms in total. The van der Waals surface area contributed by atoms with Crippen molar-refractivity contribution in [1.82, 2.24) is 10.6 Å². The lowest BCUT2D eigenvalue weighted by atomic mass is 9.77. The summed E-state index contributed by atoms with van der Waals surface area (Å²) in [5, 5.41) is 6.27. The minimum Gasteiger partial charge on any atom is -0.354 e. The first-order valence-corrected chi connectivity index (χ1v) is 7.95. The number of hydrogen-bond acceptors (Lipinski definition) is 3. The topological polar surface area (TPSA) is 58.2 Å². The standard InChI is InChI=1S/C12H24N2O2S/c1-4-12(6-5-7-13-9-12)11(15)14-8-10(2)17(3)16/h10,13H,4-9H2,1-3H3,(H,14,15). The van der Waals surface area contributed by atoms with Gasteiger partial charge < -0.3 is 10.6 Å². The molecular formula is C12H24N2O2S. The molecule has 1 saturated heterocycles. The summed E-state index contributed by atoms with van der Waals surface area (Å²) in [4.78, 5) is 12.2. The predicted molar refractivity (Wildman–Crippen MR) is 71.4 cm³/mol. The van der Waals surface area contributed by atoms with Gasteiger partial charge in [-0.2, -0.15) is 0 Å². The van der Waals surface area contributed by atoms with Crippen LogP contribution in [-0.2, 0) is 15.6 Å². The molecule has 3 atom stereocenters. The Labute approximate surface area is 106 Å². The summed E-state index contributed by atoms with van der Waals surface area (Å²) >= 11 is 0. The van der Waals surface area contributed by atoms with Crippen LogP contribution in [0.5, 0.6) is 0 Å². The van der Waals surface area contributed by atoms with Crippen LogP contribution >= 0.6 is 0 Å². The molecule has 0 saturated carbocycles. The molecule has 0 aromatic rings. The van der Waals surface area contributed by atoms with Crippen LogP contribution in [0.15, 0.2) is 0 Å². The Morgan fingerprint density at radius 2 is 2.29 bits per heavy atom. The number of rotatable bonds is 5. The average molecular weight is 260 g/mol. The molecule has 1 rings (SSSR count). The lowest BCUT2D eigenvalue weighted by Gasteiger charge is -2.35. The average Bonchev–Trinajstić information content (AvgIpc) is 2.36. The zero-order valence-electron chi connectivity index (χ0n) is 11.0. The highest BCUT2D eigenvalue weighted by Crippen LogP contribution is 2.30. The van der Waals surface area contributed by atoms with E-state index in [0.717, 1.165) is 32.4 Å². The summed E-state index contributed by atoms with van der Waals surface area (Å²) in [6.07, 6.45) is 4.53. The van der Waals surface area contributed by atoms with Crippen LogP contribution in [0.1, 0.15) is 33.1 Å². The maximum absolute atomic E-state index is 12.2. The van der Waals surface area contributed by atoms with Gasteiger partial charge in [-0.15, -0.1) is 0 Å². The molecule has 100 valence electrons. The zero-order valence-corrected chi connectivity index (χ0v) is 11.9. The summed E-state index contributed by atoms with van der Waals surface area (Å²) in [5.74, 6) is 0.115. The lowest BCUT2D eigenvalue weighted by Crippen LogP contribution is -2.51. The molecule has 1 aliphatic rings. The summed E-state index contributed by atoms with van der Waals surface area (Å²) < 4.78 is 11.2. The Morgan fingerprint density at radius 3 is 2.76 bits per heavy atom. The molecule has 0 aromatic heterocycles. The van der Waals surface area contributed by atoms with Crippen molar-refractivity contribution in [2.24, 2.45) is 5.41 Å². The minimum atomic E-state index is -0.878. The monoisotopic (exact) mass is 260 g/mol. The van der Waals surface area contributed by atoms with Crippen LogP contribution in [0.25, 0.3) is 0 Å². The number of amides is 1. The van der Waals surface area contributed by atoms with Gasteiger partial charge in [-0.25, -0.2) is 0 Å². The third-order valence-electron chi connectivity index (χ3n) is 3.75. The van der Waals surface area contributed by atoms with Gasteiger partial charge in [0.25, 0.3) is 0 Å². The van der Waals surface area contributed by atoms with E-state index >= 15 is 0 Å². The summed E-state index contributed by atoms with van der Waals surface area (Å²) in [5.41, 5.74) is -0.257. The molecule has 2 N–H and O–H groups in total. The van der Waals surface area contributed by atoms with E-state index in [4.69, 9.17) is 0 Å². The first kappa shape index (κ1) is 14.6. The van der Waals surface area contributed by atoms with Crippen molar-refractivity contribution in [2.75, 3.05) is 25.9 Å². The molecule has 1 amide bonds. The second-order valence-corrected chi connectivity index (χ2v) is 6.74. The van der Waals surface area contributed by atoms with Crippen LogP contribution in [0.2, 0.25) is 0 Å². The molecule has 1 fully saturated rings. The zero-order chi connectivity index (χ0) is 12.9. The quantitative estimate of drug-likeness (QED) is 0.763. The van der Waals surface area contributed by atoms with Crippen molar-refractivity contribution in [3.63, 3.8) is 0 Å². The number of carbonyl (C=O) groups is 1. The number of nitrogens with one attached hydrogen (secondary N) is 2. The second kappa shape index (κ2) is 6.50. The normalized spacial score (nSPS) is 28.4. The Bertz CT molecular complexity index is 288. The summed E-state index contributed by atoms with van der Waals surface area (Å²) in [7, 11) is -0.878. The molecule has 0 aliphatic carbocycles. The van der Waals surface area contributed by atoms with E-state index in [1.54, 1.807) is 6.26 Å². The van der Waals surface area contributed by atoms with Gasteiger partial charge in [0.05, 0.1) is 5.41 Å². The molecule has 5 heteroatoms. The Morgan fingerprint density at radius 1 is 1.59 bits per heavy atom. The molecule has 3 unspecified atom stereocenters. The first-order valence-electron chi connectivity index (χ1n) is 6.33. The van der Waals surface area contributed by atoms with Crippen LogP contribution < -0.4 is 10.6 Å². The van der Waals surface area contributed by atoms with E-state index in [9.17, 15) is 9.00 Å². The number of hydrogen-bond donors (Lipinski definition) is 2. The molecule has 0 spiro atoms. The summed E-state index contributed by atoms with van der Waals surface area (Å²) in [6, 6.07) is 0. The third-order valence-corrected chi connectivity index (χ3v) is 5.05. The fourth-order valence-corrected chi connectivity index (χ4v) is 2.48. The van der Waals surface area contributed by atoms with E-state index < -0.39 is 10.8 Å². The Hall–Kier alpha value is -0.420. The van der Waals surface area contributed by atoms with Gasteiger partial charge in [-0.05, 0) is 32.7 Å². The van der Waals surface area contributed by atoms with Crippen LogP contribution in [0.3, 0.4) is 0 Å². The van der Waals surface area contributed by atoms with Crippen LogP contribution in [0, 0.1) is 5.41 Å². The van der Waals surface area contributed by atoms with Crippen molar-refractivity contribution in [3.8, 4) is 0 Å². The number of piperidine rings is 1. The maximum atomic E-state index is 12.2. The van der Waals surface area contributed by atoms with Gasteiger partial charge in [0, 0.05) is 35.4 Å². The number of carbonyl (C=O) groups excluding carboxylic acids is 1. The lowest BCUT2D eigenvalue weighted by molar-refractivity contribution is -0.132. The van der Waals surface area contributed by atoms with Crippen LogP contribution in [-0.4, -0.2) is 41.3 Å². The highest BCUT2D eigenvalue weighted by atomic mass is 32.2. The van der Waals surface area contributed by atoms with Crippen molar-refractivity contribution in [2.45, 2.75) is 38.4 Å². The van der Waals surface area contributed by atoms with Gasteiger partial charge in [-0.1, -0.05) is 6.92 Å². The molecular weight excluding hydrogens is 236 g/mol. The Kier molecular flexibility index (Phi) is 5.59. The van der Waals surface area contributed by atoms with Gasteiger partial charge in [0.2, 0.25) is 5.91 Å². The van der Waals surface area contributed by atoms with Crippen LogP contribution in [0.4, 0.5) is 0 Å². The third kappa shape index (κ3) is 3.78. The van der Waals surface area contributed by atoms with Crippen molar-refractivity contribution in [3.05, 3.63) is 0 Å². The minimum absolute atomic E-state index is 0.0180. The second-order valence-electron chi connectivity index (χ2n) is 4.93. The Balaban J connectivity index is 2.52. The smallest absolute Gasteiger partial charge is 0.227 e. The van der Waals surface area contributed by atoms with Crippen molar-refractivity contribution < 1.29 is 9.00 Å². The van der Waals surface area contributed by atoms with E-state index in [1.165, 1.54) is 0 Å². The van der Waals surface area contributed by atoms with E-state index in [2.05, 4.69) is 17.6 Å². The SMILES string of the molecule is CCC1(C(=O)NCC(C)S(C)=O)CCCNC1. The highest BCUT2D eigenvalue weighted by molar-refractivity contribution is 7.84. The van der Waals surface area contributed by atoms with E-state index in [0.29, 0.717) is 6.54 Å². The van der Waals surface area contributed by atoms with E-state index in [-0.39, 0.29) is 16.6 Å². The molecule has 17 heavy (non-hydrogen) atoms. The van der Waals surface area contributed by atoms with Gasteiger partial charge in [-0.3, -0.25) is 9.00 Å². The molecule has 0 bridgehead atoms. The molecule has 1 aliphatic heterocycles. The van der Waals surface area contributed by atoms with Gasteiger partial charge >= 0.3 is 0 Å².